The van der Waals surface area contributed by atoms with Crippen LogP contribution >= 0.6 is 0 Å². The maximum absolute atomic E-state index is 10.5. The number of aliphatic hydroxyl groups excluding tert-OH is 2. The molecule has 132 valence electrons. The lowest BCUT2D eigenvalue weighted by molar-refractivity contribution is -0.225. The number of ether oxygens (including phenoxy) is 1. The van der Waals surface area contributed by atoms with Gasteiger partial charge in [-0.3, -0.25) is 0 Å². The summed E-state index contributed by atoms with van der Waals surface area (Å²) in [6.45, 7) is 12.2. The molecule has 1 saturated carbocycles. The highest BCUT2D eigenvalue weighted by molar-refractivity contribution is 4.91. The molecule has 4 heteroatoms. The summed E-state index contributed by atoms with van der Waals surface area (Å²) in [7, 11) is 0. The van der Waals surface area contributed by atoms with Crippen molar-refractivity contribution < 1.29 is 20.1 Å². The molecular weight excluding hydrogens is 280 g/mol. The monoisotopic (exact) mass is 316 g/mol. The van der Waals surface area contributed by atoms with Gasteiger partial charge in [0.25, 0.3) is 0 Å². The first-order valence-electron chi connectivity index (χ1n) is 8.58. The molecule has 0 radical (unpaired) electrons. The molecule has 0 amide bonds. The van der Waals surface area contributed by atoms with E-state index in [-0.39, 0.29) is 11.3 Å². The Kier molecular flexibility index (Phi) is 6.48. The minimum Gasteiger partial charge on any atom is -0.393 e. The second kappa shape index (κ2) is 7.16. The molecule has 1 fully saturated rings. The summed E-state index contributed by atoms with van der Waals surface area (Å²) >= 11 is 0. The lowest BCUT2D eigenvalue weighted by Gasteiger charge is -2.42. The number of hydrogen-bond acceptors (Lipinski definition) is 4. The topological polar surface area (TPSA) is 69.9 Å². The van der Waals surface area contributed by atoms with Crippen LogP contribution in [0.1, 0.15) is 80.1 Å². The second-order valence-corrected chi connectivity index (χ2v) is 9.12. The minimum absolute atomic E-state index is 0.0396. The number of hydrogen-bond donors (Lipinski definition) is 3. The van der Waals surface area contributed by atoms with E-state index in [0.29, 0.717) is 19.3 Å². The van der Waals surface area contributed by atoms with Crippen LogP contribution in [0, 0.1) is 11.3 Å². The van der Waals surface area contributed by atoms with Crippen LogP contribution in [0.15, 0.2) is 0 Å². The molecule has 5 unspecified atom stereocenters. The Morgan fingerprint density at radius 3 is 2.41 bits per heavy atom. The minimum atomic E-state index is -0.971. The summed E-state index contributed by atoms with van der Waals surface area (Å²) < 4.78 is 6.01. The fraction of sp³-hybridized carbons (Fsp3) is 1.00. The zero-order chi connectivity index (χ0) is 17.2. The normalized spacial score (nSPS) is 37.2. The second-order valence-electron chi connectivity index (χ2n) is 9.12. The van der Waals surface area contributed by atoms with E-state index in [2.05, 4.69) is 20.8 Å². The molecule has 4 nitrogen and oxygen atoms in total. The van der Waals surface area contributed by atoms with E-state index in [9.17, 15) is 15.3 Å². The zero-order valence-electron chi connectivity index (χ0n) is 15.2. The third-order valence-electron chi connectivity index (χ3n) is 4.50. The molecule has 0 aromatic rings. The average Bonchev–Trinajstić information content (AvgIpc) is 2.22. The van der Waals surface area contributed by atoms with Crippen LogP contribution in [0.5, 0.6) is 0 Å². The largest absolute Gasteiger partial charge is 0.393 e. The number of rotatable bonds is 4. The van der Waals surface area contributed by atoms with Crippen molar-refractivity contribution in [1.29, 1.82) is 0 Å². The molecule has 0 aliphatic heterocycles. The highest BCUT2D eigenvalue weighted by Gasteiger charge is 2.40. The van der Waals surface area contributed by atoms with Gasteiger partial charge in [0.1, 0.15) is 0 Å². The van der Waals surface area contributed by atoms with Crippen molar-refractivity contribution in [2.75, 3.05) is 0 Å². The first kappa shape index (κ1) is 19.9. The Hall–Kier alpha value is -0.160. The van der Waals surface area contributed by atoms with Crippen LogP contribution in [0.2, 0.25) is 0 Å². The molecule has 1 aliphatic carbocycles. The van der Waals surface area contributed by atoms with E-state index < -0.39 is 23.6 Å². The number of aliphatic hydroxyl groups is 3. The summed E-state index contributed by atoms with van der Waals surface area (Å²) in [5.41, 5.74) is -1.39. The Morgan fingerprint density at radius 2 is 1.86 bits per heavy atom. The summed E-state index contributed by atoms with van der Waals surface area (Å²) in [5.74, 6) is 0.0396. The van der Waals surface area contributed by atoms with Crippen molar-refractivity contribution in [2.45, 2.75) is 104 Å². The molecule has 5 atom stereocenters. The predicted octanol–water partition coefficient (Wildman–Crippen LogP) is 3.23. The Balaban J connectivity index is 2.71. The molecule has 1 rings (SSSR count). The SMILES string of the molecule is CC(CC(C)(C)C)C(O)OC1(C)CCCC(O)CC(C)(O)C1. The van der Waals surface area contributed by atoms with Crippen LogP contribution in [0.3, 0.4) is 0 Å². The van der Waals surface area contributed by atoms with E-state index in [1.807, 2.05) is 13.8 Å². The van der Waals surface area contributed by atoms with Crippen molar-refractivity contribution in [1.82, 2.24) is 0 Å². The standard InChI is InChI=1S/C18H36O4/c1-13(10-16(2,3)4)15(20)22-18(6)9-7-8-14(19)11-17(5,21)12-18/h13-15,19-21H,7-12H2,1-6H3. The highest BCUT2D eigenvalue weighted by Crippen LogP contribution is 2.37. The maximum atomic E-state index is 10.5. The summed E-state index contributed by atoms with van der Waals surface area (Å²) in [6.07, 6.45) is 2.62. The molecule has 22 heavy (non-hydrogen) atoms. The molecule has 0 spiro atoms. The molecule has 0 aromatic heterocycles. The van der Waals surface area contributed by atoms with Gasteiger partial charge in [-0.25, -0.2) is 0 Å². The first-order valence-corrected chi connectivity index (χ1v) is 8.58. The van der Waals surface area contributed by atoms with Gasteiger partial charge in [0.05, 0.1) is 17.3 Å². The van der Waals surface area contributed by atoms with E-state index in [4.69, 9.17) is 4.74 Å². The van der Waals surface area contributed by atoms with E-state index in [0.717, 1.165) is 19.3 Å². The Labute approximate surface area is 135 Å². The summed E-state index contributed by atoms with van der Waals surface area (Å²) in [6, 6.07) is 0. The lowest BCUT2D eigenvalue weighted by atomic mass is 9.79. The molecule has 0 heterocycles. The third kappa shape index (κ3) is 6.95. The third-order valence-corrected chi connectivity index (χ3v) is 4.50. The zero-order valence-corrected chi connectivity index (χ0v) is 15.2. The molecule has 1 aliphatic rings. The Morgan fingerprint density at radius 1 is 1.27 bits per heavy atom. The maximum Gasteiger partial charge on any atom is 0.157 e. The molecule has 0 saturated heterocycles. The smallest absolute Gasteiger partial charge is 0.157 e. The van der Waals surface area contributed by atoms with Crippen molar-refractivity contribution >= 4 is 0 Å². The van der Waals surface area contributed by atoms with E-state index in [1.54, 1.807) is 6.92 Å². The van der Waals surface area contributed by atoms with Gasteiger partial charge in [-0.2, -0.15) is 0 Å². The fourth-order valence-corrected chi connectivity index (χ4v) is 3.86. The van der Waals surface area contributed by atoms with Crippen LogP contribution in [0.25, 0.3) is 0 Å². The van der Waals surface area contributed by atoms with Gasteiger partial charge in [0, 0.05) is 18.8 Å². The summed E-state index contributed by atoms with van der Waals surface area (Å²) in [5, 5.41) is 30.8. The molecule has 3 N–H and O–H groups in total. The van der Waals surface area contributed by atoms with Crippen LogP contribution in [0.4, 0.5) is 0 Å². The summed E-state index contributed by atoms with van der Waals surface area (Å²) in [4.78, 5) is 0. The van der Waals surface area contributed by atoms with Gasteiger partial charge in [0.2, 0.25) is 0 Å². The van der Waals surface area contributed by atoms with Crippen molar-refractivity contribution in [3.63, 3.8) is 0 Å². The van der Waals surface area contributed by atoms with Gasteiger partial charge < -0.3 is 20.1 Å². The van der Waals surface area contributed by atoms with Gasteiger partial charge in [-0.15, -0.1) is 0 Å². The van der Waals surface area contributed by atoms with Crippen molar-refractivity contribution in [3.8, 4) is 0 Å². The van der Waals surface area contributed by atoms with Gasteiger partial charge >= 0.3 is 0 Å². The van der Waals surface area contributed by atoms with Gasteiger partial charge in [0.15, 0.2) is 6.29 Å². The first-order chi connectivity index (χ1) is 9.82. The van der Waals surface area contributed by atoms with Crippen LogP contribution < -0.4 is 0 Å². The molecule has 0 aromatic carbocycles. The molecular formula is C18H36O4. The highest BCUT2D eigenvalue weighted by atomic mass is 16.6. The van der Waals surface area contributed by atoms with Crippen LogP contribution in [-0.4, -0.2) is 38.9 Å². The van der Waals surface area contributed by atoms with Crippen molar-refractivity contribution in [3.05, 3.63) is 0 Å². The van der Waals surface area contributed by atoms with E-state index >= 15 is 0 Å². The van der Waals surface area contributed by atoms with Crippen LogP contribution in [-0.2, 0) is 4.74 Å². The average molecular weight is 316 g/mol. The molecule has 0 bridgehead atoms. The fourth-order valence-electron chi connectivity index (χ4n) is 3.86. The Bertz CT molecular complexity index is 347. The van der Waals surface area contributed by atoms with Gasteiger partial charge in [-0.1, -0.05) is 27.7 Å². The quantitative estimate of drug-likeness (QED) is 0.697. The van der Waals surface area contributed by atoms with E-state index in [1.165, 1.54) is 0 Å². The van der Waals surface area contributed by atoms with Gasteiger partial charge in [-0.05, 0) is 44.9 Å². The predicted molar refractivity (Wildman–Crippen MR) is 88.4 cm³/mol. The lowest BCUT2D eigenvalue weighted by Crippen LogP contribution is -2.46. The van der Waals surface area contributed by atoms with Crippen molar-refractivity contribution in [2.24, 2.45) is 11.3 Å².